The summed E-state index contributed by atoms with van der Waals surface area (Å²) in [6.07, 6.45) is -4.64. The zero-order valence-electron chi connectivity index (χ0n) is 14.7. The predicted molar refractivity (Wildman–Crippen MR) is 101 cm³/mol. The van der Waals surface area contributed by atoms with Crippen molar-refractivity contribution in [3.63, 3.8) is 0 Å². The van der Waals surface area contributed by atoms with E-state index in [-0.39, 0.29) is 5.69 Å². The van der Waals surface area contributed by atoms with E-state index in [0.717, 1.165) is 12.1 Å². The molecule has 0 fully saturated rings. The molecule has 9 heteroatoms. The average molecular weight is 391 g/mol. The number of para-hydroxylation sites is 2. The number of halogens is 3. The number of fused-ring (bicyclic) bond motifs is 1. The molecule has 6 nitrogen and oxygen atoms in total. The van der Waals surface area contributed by atoms with Crippen LogP contribution in [-0.4, -0.2) is 12.6 Å². The van der Waals surface area contributed by atoms with Gasteiger partial charge in [0.2, 0.25) is 0 Å². The quantitative estimate of drug-likeness (QED) is 0.553. The first kappa shape index (κ1) is 19.3. The maximum atomic E-state index is 13.1. The van der Waals surface area contributed by atoms with Crippen molar-refractivity contribution in [1.29, 1.82) is 0 Å². The second kappa shape index (κ2) is 7.63. The summed E-state index contributed by atoms with van der Waals surface area (Å²) in [4.78, 5) is 24.6. The topological polar surface area (TPSA) is 83.4 Å². The number of rotatable bonds is 4. The predicted octanol–water partition coefficient (Wildman–Crippen LogP) is 4.89. The minimum atomic E-state index is -4.64. The Labute approximate surface area is 157 Å². The van der Waals surface area contributed by atoms with Gasteiger partial charge in [0.05, 0.1) is 16.9 Å². The van der Waals surface area contributed by atoms with Gasteiger partial charge < -0.3 is 15.1 Å². The lowest BCUT2D eigenvalue weighted by molar-refractivity contribution is -0.136. The highest BCUT2D eigenvalue weighted by molar-refractivity contribution is 6.06. The van der Waals surface area contributed by atoms with Crippen LogP contribution in [0, 0.1) is 0 Å². The monoisotopic (exact) mass is 391 g/mol. The number of benzene rings is 2. The van der Waals surface area contributed by atoms with Gasteiger partial charge in [-0.05, 0) is 31.2 Å². The largest absolute Gasteiger partial charge is 0.421 e. The molecule has 2 aromatic carbocycles. The number of carbonyl (C=O) groups is 1. The first-order valence-corrected chi connectivity index (χ1v) is 8.35. The highest BCUT2D eigenvalue weighted by Crippen LogP contribution is 2.35. The zero-order chi connectivity index (χ0) is 20.3. The third-order valence-electron chi connectivity index (χ3n) is 3.89. The summed E-state index contributed by atoms with van der Waals surface area (Å²) in [6, 6.07) is 10.3. The summed E-state index contributed by atoms with van der Waals surface area (Å²) < 4.78 is 44.4. The second-order valence-electron chi connectivity index (χ2n) is 5.79. The van der Waals surface area contributed by atoms with E-state index in [4.69, 9.17) is 4.42 Å². The molecule has 1 aromatic heterocycles. The number of hydrogen-bond donors (Lipinski definition) is 3. The van der Waals surface area contributed by atoms with Crippen molar-refractivity contribution < 1.29 is 22.4 Å². The van der Waals surface area contributed by atoms with Gasteiger partial charge in [-0.15, -0.1) is 0 Å². The van der Waals surface area contributed by atoms with E-state index in [1.165, 1.54) is 12.1 Å². The van der Waals surface area contributed by atoms with Crippen LogP contribution in [0.4, 0.5) is 35.0 Å². The van der Waals surface area contributed by atoms with Gasteiger partial charge in [-0.2, -0.15) is 13.2 Å². The fourth-order valence-electron chi connectivity index (χ4n) is 2.73. The maximum Gasteiger partial charge on any atom is 0.418 e. The highest BCUT2D eigenvalue weighted by atomic mass is 19.4. The lowest BCUT2D eigenvalue weighted by Gasteiger charge is -2.16. The van der Waals surface area contributed by atoms with E-state index in [0.29, 0.717) is 23.2 Å². The van der Waals surface area contributed by atoms with E-state index in [9.17, 15) is 22.8 Å². The van der Waals surface area contributed by atoms with Crippen LogP contribution < -0.4 is 21.6 Å². The fourth-order valence-corrected chi connectivity index (χ4v) is 2.73. The Balaban J connectivity index is 1.95. The van der Waals surface area contributed by atoms with Crippen LogP contribution in [0.3, 0.4) is 0 Å². The van der Waals surface area contributed by atoms with Crippen LogP contribution >= 0.6 is 0 Å². The summed E-state index contributed by atoms with van der Waals surface area (Å²) in [5.41, 5.74) is -1.80. The minimum absolute atomic E-state index is 0.192. The number of nitrogens with one attached hydrogen (secondary N) is 3. The lowest BCUT2D eigenvalue weighted by Crippen LogP contribution is -2.25. The first-order valence-electron chi connectivity index (χ1n) is 8.35. The molecule has 0 atom stereocenters. The molecule has 0 bridgehead atoms. The van der Waals surface area contributed by atoms with E-state index in [1.54, 1.807) is 31.2 Å². The molecule has 0 aliphatic carbocycles. The van der Waals surface area contributed by atoms with Gasteiger partial charge in [-0.1, -0.05) is 24.3 Å². The van der Waals surface area contributed by atoms with Gasteiger partial charge in [0.25, 0.3) is 0 Å². The smallest absolute Gasteiger partial charge is 0.418 e. The summed E-state index contributed by atoms with van der Waals surface area (Å²) in [5.74, 6) is 0. The van der Waals surface area contributed by atoms with E-state index in [2.05, 4.69) is 16.0 Å². The number of hydrogen-bond acceptors (Lipinski definition) is 4. The molecule has 28 heavy (non-hydrogen) atoms. The molecule has 0 saturated carbocycles. The molecule has 0 spiro atoms. The van der Waals surface area contributed by atoms with Gasteiger partial charge in [-0.3, -0.25) is 5.32 Å². The Hall–Kier alpha value is -3.49. The molecule has 0 unspecified atom stereocenters. The van der Waals surface area contributed by atoms with Crippen molar-refractivity contribution in [1.82, 2.24) is 0 Å². The lowest BCUT2D eigenvalue weighted by atomic mass is 10.1. The Morgan fingerprint density at radius 3 is 2.39 bits per heavy atom. The van der Waals surface area contributed by atoms with Crippen molar-refractivity contribution in [3.8, 4) is 0 Å². The van der Waals surface area contributed by atoms with E-state index >= 15 is 0 Å². The van der Waals surface area contributed by atoms with Crippen molar-refractivity contribution >= 4 is 34.1 Å². The highest BCUT2D eigenvalue weighted by Gasteiger charge is 2.33. The molecule has 1 heterocycles. The SMILES string of the molecule is CCNc1c(NC(=O)Nc2ccccc2C(F)(F)F)c(=O)oc2ccccc12. The number of urea groups is 1. The summed E-state index contributed by atoms with van der Waals surface area (Å²) >= 11 is 0. The zero-order valence-corrected chi connectivity index (χ0v) is 14.7. The van der Waals surface area contributed by atoms with Crippen molar-refractivity contribution in [2.45, 2.75) is 13.1 Å². The minimum Gasteiger partial charge on any atom is -0.421 e. The van der Waals surface area contributed by atoms with Gasteiger partial charge in [0.15, 0.2) is 5.69 Å². The Kier molecular flexibility index (Phi) is 5.25. The number of alkyl halides is 3. The van der Waals surface area contributed by atoms with E-state index in [1.807, 2.05) is 0 Å². The van der Waals surface area contributed by atoms with Gasteiger partial charge in [0.1, 0.15) is 5.58 Å². The van der Waals surface area contributed by atoms with Crippen LogP contribution in [-0.2, 0) is 6.18 Å². The van der Waals surface area contributed by atoms with Crippen LogP contribution in [0.1, 0.15) is 12.5 Å². The summed E-state index contributed by atoms with van der Waals surface area (Å²) in [5, 5.41) is 7.96. The van der Waals surface area contributed by atoms with Crippen LogP contribution in [0.25, 0.3) is 11.0 Å². The molecule has 0 radical (unpaired) electrons. The van der Waals surface area contributed by atoms with Crippen molar-refractivity contribution in [3.05, 3.63) is 64.5 Å². The first-order chi connectivity index (χ1) is 13.3. The normalized spacial score (nSPS) is 11.3. The Morgan fingerprint density at radius 1 is 1.00 bits per heavy atom. The average Bonchev–Trinajstić information content (AvgIpc) is 2.64. The fraction of sp³-hybridized carbons (Fsp3) is 0.158. The molecule has 0 aliphatic rings. The summed E-state index contributed by atoms with van der Waals surface area (Å²) in [7, 11) is 0. The van der Waals surface area contributed by atoms with Crippen LogP contribution in [0.15, 0.2) is 57.7 Å². The molecule has 3 N–H and O–H groups in total. The standard InChI is InChI=1S/C19H16F3N3O3/c1-2-23-15-11-7-3-6-10-14(11)28-17(26)16(15)25-18(27)24-13-9-5-4-8-12(13)19(20,21)22/h3-10,23H,2H2,1H3,(H2,24,25,27). The van der Waals surface area contributed by atoms with Gasteiger partial charge >= 0.3 is 17.8 Å². The molecular weight excluding hydrogens is 375 g/mol. The Bertz CT molecular complexity index is 1080. The van der Waals surface area contributed by atoms with E-state index < -0.39 is 29.1 Å². The van der Waals surface area contributed by atoms with Crippen LogP contribution in [0.2, 0.25) is 0 Å². The Morgan fingerprint density at radius 2 is 1.68 bits per heavy atom. The molecule has 146 valence electrons. The van der Waals surface area contributed by atoms with Crippen molar-refractivity contribution in [2.24, 2.45) is 0 Å². The number of amides is 2. The third-order valence-corrected chi connectivity index (χ3v) is 3.89. The third kappa shape index (κ3) is 3.93. The molecule has 3 rings (SSSR count). The molecule has 3 aromatic rings. The summed E-state index contributed by atoms with van der Waals surface area (Å²) in [6.45, 7) is 2.24. The maximum absolute atomic E-state index is 13.1. The van der Waals surface area contributed by atoms with Crippen LogP contribution in [0.5, 0.6) is 0 Å². The number of carbonyl (C=O) groups excluding carboxylic acids is 1. The van der Waals surface area contributed by atoms with Gasteiger partial charge in [-0.25, -0.2) is 9.59 Å². The van der Waals surface area contributed by atoms with Crippen molar-refractivity contribution in [2.75, 3.05) is 22.5 Å². The van der Waals surface area contributed by atoms with Gasteiger partial charge in [0, 0.05) is 11.9 Å². The second-order valence-corrected chi connectivity index (χ2v) is 5.79. The number of anilines is 3. The molecule has 0 saturated heterocycles. The molecule has 2 amide bonds. The molecular formula is C19H16F3N3O3. The molecule has 0 aliphatic heterocycles.